The fraction of sp³-hybridized carbons (Fsp3) is 0.532. The Bertz CT molecular complexity index is 1830. The predicted octanol–water partition coefficient (Wildman–Crippen LogP) is 7.74. The average Bonchev–Trinajstić information content (AvgIpc) is 3.15. The number of piperidine rings is 2. The highest BCUT2D eigenvalue weighted by Crippen LogP contribution is 2.48. The summed E-state index contributed by atoms with van der Waals surface area (Å²) in [6, 6.07) is 21.0. The second-order valence-electron chi connectivity index (χ2n) is 18.6. The summed E-state index contributed by atoms with van der Waals surface area (Å²) in [7, 11) is 0. The molecule has 314 valence electrons. The van der Waals surface area contributed by atoms with Crippen LogP contribution in [-0.2, 0) is 43.2 Å². The molecule has 0 saturated carbocycles. The summed E-state index contributed by atoms with van der Waals surface area (Å²) in [5.74, 6) is -1.41. The van der Waals surface area contributed by atoms with Crippen LogP contribution in [0.15, 0.2) is 72.8 Å². The van der Waals surface area contributed by atoms with Gasteiger partial charge in [0.15, 0.2) is 0 Å². The van der Waals surface area contributed by atoms with E-state index in [4.69, 9.17) is 23.2 Å². The summed E-state index contributed by atoms with van der Waals surface area (Å²) in [4.78, 5) is 58.5. The van der Waals surface area contributed by atoms with Crippen molar-refractivity contribution < 1.29 is 29.4 Å². The summed E-state index contributed by atoms with van der Waals surface area (Å²) in [6.45, 7) is 16.9. The highest BCUT2D eigenvalue weighted by Gasteiger charge is 2.51. The molecule has 2 saturated heterocycles. The summed E-state index contributed by atoms with van der Waals surface area (Å²) < 4.78 is 0. The standard InChI is InChI=1S/C47H61Cl2N3O6/c1-30(2)39(42(55)51-22-20-46(57,44(5,6)28-51)34-12-16-36(48)17-13-34)27-38(53)25-32-10-9-11-33(24-32)26-40(54)50-41(31(3)4)43(56)52-23-21-47(58,45(7,8)29-52)35-14-18-37(49)19-15-35/h9-19,24,30-31,39,41,57-58H,20-23,25-29H2,1-8H3,(H,50,54)/t39-,41+,46+,47+/m0/s1. The quantitative estimate of drug-likeness (QED) is 0.162. The minimum Gasteiger partial charge on any atom is -0.384 e. The van der Waals surface area contributed by atoms with E-state index in [-0.39, 0.29) is 54.6 Å². The molecule has 9 nitrogen and oxygen atoms in total. The average molecular weight is 835 g/mol. The van der Waals surface area contributed by atoms with Gasteiger partial charge in [-0.2, -0.15) is 0 Å². The Labute approximate surface area is 354 Å². The molecular weight excluding hydrogens is 773 g/mol. The van der Waals surface area contributed by atoms with Crippen molar-refractivity contribution in [2.24, 2.45) is 28.6 Å². The number of Topliss-reactive ketones (excluding diaryl/α,β-unsaturated/α-hetero) is 1. The number of nitrogens with one attached hydrogen (secondary N) is 1. The van der Waals surface area contributed by atoms with E-state index in [1.807, 2.05) is 104 Å². The number of aliphatic hydroxyl groups is 2. The van der Waals surface area contributed by atoms with Gasteiger partial charge in [-0.25, -0.2) is 0 Å². The van der Waals surface area contributed by atoms with Crippen molar-refractivity contribution in [1.82, 2.24) is 15.1 Å². The number of ketones is 1. The number of amides is 3. The lowest BCUT2D eigenvalue weighted by Gasteiger charge is -2.51. The molecule has 2 heterocycles. The normalized spacial score (nSPS) is 22.7. The Hall–Kier alpha value is -3.76. The summed E-state index contributed by atoms with van der Waals surface area (Å²) >= 11 is 12.2. The molecule has 0 spiro atoms. The highest BCUT2D eigenvalue weighted by atomic mass is 35.5. The van der Waals surface area contributed by atoms with Crippen LogP contribution in [0.1, 0.15) is 96.9 Å². The number of rotatable bonds is 13. The second-order valence-corrected chi connectivity index (χ2v) is 19.5. The zero-order chi connectivity index (χ0) is 42.8. The molecule has 4 atom stereocenters. The third-order valence-corrected chi connectivity index (χ3v) is 13.2. The molecule has 0 aromatic heterocycles. The number of carbonyl (C=O) groups is 4. The maximum Gasteiger partial charge on any atom is 0.245 e. The molecule has 2 fully saturated rings. The van der Waals surface area contributed by atoms with Crippen LogP contribution in [0.3, 0.4) is 0 Å². The number of likely N-dealkylation sites (tertiary alicyclic amines) is 2. The molecule has 3 N–H and O–H groups in total. The topological polar surface area (TPSA) is 127 Å². The van der Waals surface area contributed by atoms with Crippen molar-refractivity contribution >= 4 is 46.7 Å². The molecular formula is C47H61Cl2N3O6. The minimum atomic E-state index is -1.15. The molecule has 58 heavy (non-hydrogen) atoms. The first-order valence-electron chi connectivity index (χ1n) is 20.5. The van der Waals surface area contributed by atoms with Crippen molar-refractivity contribution in [1.29, 1.82) is 0 Å². The van der Waals surface area contributed by atoms with E-state index in [1.165, 1.54) is 0 Å². The van der Waals surface area contributed by atoms with Crippen LogP contribution in [0, 0.1) is 28.6 Å². The Morgan fingerprint density at radius 2 is 1.12 bits per heavy atom. The van der Waals surface area contributed by atoms with Gasteiger partial charge in [0, 0.05) is 65.8 Å². The first-order valence-corrected chi connectivity index (χ1v) is 21.3. The number of halogens is 2. The SMILES string of the molecule is CC(C)[C@H](CC(=O)Cc1cccc(CC(=O)N[C@@H](C(=O)N2CC[C@@](O)(c3ccc(Cl)cc3)C(C)(C)C2)C(C)C)c1)C(=O)N1CC[C@@](O)(c2ccc(Cl)cc2)C(C)(C)C1. The fourth-order valence-corrected chi connectivity index (χ4v) is 9.15. The number of nitrogens with zero attached hydrogens (tertiary/aromatic N) is 2. The van der Waals surface area contributed by atoms with Gasteiger partial charge in [-0.3, -0.25) is 19.2 Å². The van der Waals surface area contributed by atoms with Gasteiger partial charge in [0.05, 0.1) is 17.6 Å². The van der Waals surface area contributed by atoms with Crippen LogP contribution in [0.5, 0.6) is 0 Å². The number of hydrogen-bond donors (Lipinski definition) is 3. The molecule has 3 aromatic carbocycles. The Balaban J connectivity index is 1.17. The molecule has 3 aromatic rings. The van der Waals surface area contributed by atoms with Gasteiger partial charge in [-0.1, -0.05) is 127 Å². The second kappa shape index (κ2) is 17.8. The molecule has 3 amide bonds. The minimum absolute atomic E-state index is 0.0283. The zero-order valence-corrected chi connectivity index (χ0v) is 36.8. The van der Waals surface area contributed by atoms with Gasteiger partial charge in [-0.05, 0) is 71.2 Å². The number of benzene rings is 3. The third-order valence-electron chi connectivity index (χ3n) is 12.7. The van der Waals surface area contributed by atoms with Crippen LogP contribution < -0.4 is 5.32 Å². The van der Waals surface area contributed by atoms with E-state index >= 15 is 0 Å². The first kappa shape index (κ1) is 45.3. The van der Waals surface area contributed by atoms with E-state index in [0.29, 0.717) is 54.6 Å². The lowest BCUT2D eigenvalue weighted by atomic mass is 9.66. The van der Waals surface area contributed by atoms with E-state index in [1.54, 1.807) is 34.1 Å². The van der Waals surface area contributed by atoms with E-state index in [9.17, 15) is 29.4 Å². The molecule has 0 unspecified atom stereocenters. The van der Waals surface area contributed by atoms with Crippen LogP contribution in [-0.4, -0.2) is 75.7 Å². The predicted molar refractivity (Wildman–Crippen MR) is 229 cm³/mol. The number of hydrogen-bond acceptors (Lipinski definition) is 6. The van der Waals surface area contributed by atoms with E-state index < -0.39 is 34.0 Å². The third kappa shape index (κ3) is 9.81. The zero-order valence-electron chi connectivity index (χ0n) is 35.3. The molecule has 0 radical (unpaired) electrons. The largest absolute Gasteiger partial charge is 0.384 e. The van der Waals surface area contributed by atoms with Gasteiger partial charge >= 0.3 is 0 Å². The molecule has 2 aliphatic heterocycles. The van der Waals surface area contributed by atoms with Crippen LogP contribution in [0.25, 0.3) is 0 Å². The molecule has 0 bridgehead atoms. The van der Waals surface area contributed by atoms with Gasteiger partial charge in [0.2, 0.25) is 17.7 Å². The smallest absolute Gasteiger partial charge is 0.245 e. The van der Waals surface area contributed by atoms with Crippen molar-refractivity contribution in [2.75, 3.05) is 26.2 Å². The number of carbonyl (C=O) groups excluding carboxylic acids is 4. The highest BCUT2D eigenvalue weighted by molar-refractivity contribution is 6.30. The van der Waals surface area contributed by atoms with Crippen molar-refractivity contribution in [2.45, 2.75) is 105 Å². The maximum absolute atomic E-state index is 14.0. The van der Waals surface area contributed by atoms with Gasteiger partial charge < -0.3 is 25.3 Å². The van der Waals surface area contributed by atoms with Crippen LogP contribution in [0.2, 0.25) is 10.0 Å². The summed E-state index contributed by atoms with van der Waals surface area (Å²) in [5, 5.41) is 27.8. The van der Waals surface area contributed by atoms with E-state index in [0.717, 1.165) is 16.7 Å². The molecule has 0 aliphatic carbocycles. The Morgan fingerprint density at radius 3 is 1.55 bits per heavy atom. The Kier molecular flexibility index (Phi) is 13.9. The van der Waals surface area contributed by atoms with Crippen molar-refractivity contribution in [3.05, 3.63) is 105 Å². The molecule has 5 rings (SSSR count). The fourth-order valence-electron chi connectivity index (χ4n) is 8.90. The maximum atomic E-state index is 14.0. The lowest BCUT2D eigenvalue weighted by Crippen LogP contribution is -2.60. The summed E-state index contributed by atoms with van der Waals surface area (Å²) in [6.07, 6.45) is 0.941. The van der Waals surface area contributed by atoms with E-state index in [2.05, 4.69) is 5.32 Å². The molecule has 11 heteroatoms. The Morgan fingerprint density at radius 1 is 0.672 bits per heavy atom. The lowest BCUT2D eigenvalue weighted by molar-refractivity contribution is -0.158. The van der Waals surface area contributed by atoms with Crippen molar-refractivity contribution in [3.63, 3.8) is 0 Å². The van der Waals surface area contributed by atoms with Crippen LogP contribution >= 0.6 is 23.2 Å². The first-order chi connectivity index (χ1) is 27.1. The monoisotopic (exact) mass is 833 g/mol. The van der Waals surface area contributed by atoms with Crippen molar-refractivity contribution in [3.8, 4) is 0 Å². The van der Waals surface area contributed by atoms with Gasteiger partial charge in [0.1, 0.15) is 11.8 Å². The molecule has 2 aliphatic rings. The van der Waals surface area contributed by atoms with Crippen LogP contribution in [0.4, 0.5) is 0 Å². The van der Waals surface area contributed by atoms with Gasteiger partial charge in [0.25, 0.3) is 0 Å². The summed E-state index contributed by atoms with van der Waals surface area (Å²) in [5.41, 5.74) is -0.620. The van der Waals surface area contributed by atoms with Gasteiger partial charge in [-0.15, -0.1) is 0 Å².